The number of fused-ring (bicyclic) bond motifs is 1. The van der Waals surface area contributed by atoms with Gasteiger partial charge in [-0.1, -0.05) is 0 Å². The second kappa shape index (κ2) is 5.34. The van der Waals surface area contributed by atoms with E-state index in [1.54, 1.807) is 6.07 Å². The molecule has 0 aliphatic rings. The standard InChI is InChI=1S/C14H15O2.4O.Os/c15-10-13(16)9-8-12-6-3-5-11-4-1-2-7-14(11)12;;;;;/h1-7,10,13,15-16H,8-9H2;;;;;. The number of benzene rings is 2. The third-order valence-electron chi connectivity index (χ3n) is 3.24. The normalized spacial score (nSPS) is 17.0. The van der Waals surface area contributed by atoms with Gasteiger partial charge in [0.05, 0.1) is 0 Å². The summed E-state index contributed by atoms with van der Waals surface area (Å²) in [5, 5.41) is 20.7. The van der Waals surface area contributed by atoms with Gasteiger partial charge in [-0.15, -0.1) is 0 Å². The van der Waals surface area contributed by atoms with Crippen molar-refractivity contribution in [2.24, 2.45) is 0 Å². The van der Waals surface area contributed by atoms with Crippen molar-refractivity contribution in [2.75, 3.05) is 0 Å². The Balaban J connectivity index is 2.20. The average molecular weight is 469 g/mol. The molecule has 2 N–H and O–H groups in total. The van der Waals surface area contributed by atoms with Crippen molar-refractivity contribution >= 4 is 10.8 Å². The van der Waals surface area contributed by atoms with E-state index in [4.69, 9.17) is 0 Å². The van der Waals surface area contributed by atoms with Crippen molar-refractivity contribution in [3.63, 3.8) is 0 Å². The van der Waals surface area contributed by atoms with Crippen LogP contribution in [0.5, 0.6) is 0 Å². The summed E-state index contributed by atoms with van der Waals surface area (Å²) in [7, 11) is 0. The van der Waals surface area contributed by atoms with Gasteiger partial charge in [-0.25, -0.2) is 0 Å². The first-order valence-corrected chi connectivity index (χ1v) is 11.8. The molecular weight excluding hydrogens is 454 g/mol. The average Bonchev–Trinajstić information content (AvgIpc) is 2.42. The molecule has 0 aliphatic heterocycles. The van der Waals surface area contributed by atoms with Crippen LogP contribution in [0.25, 0.3) is 10.8 Å². The summed E-state index contributed by atoms with van der Waals surface area (Å²) in [6, 6.07) is 13.0. The van der Waals surface area contributed by atoms with Crippen LogP contribution in [0.1, 0.15) is 12.0 Å². The van der Waals surface area contributed by atoms with Crippen LogP contribution in [0.2, 0.25) is 0 Å². The summed E-state index contributed by atoms with van der Waals surface area (Å²) in [6.45, 7) is 0. The van der Waals surface area contributed by atoms with Crippen LogP contribution < -0.4 is 0 Å². The van der Waals surface area contributed by atoms with Crippen LogP contribution in [0.4, 0.5) is 0 Å². The van der Waals surface area contributed by atoms with Gasteiger partial charge in [0.25, 0.3) is 0 Å². The molecule has 0 aliphatic carbocycles. The molecule has 2 unspecified atom stereocenters. The van der Waals surface area contributed by atoms with Crippen molar-refractivity contribution in [1.29, 1.82) is 0 Å². The van der Waals surface area contributed by atoms with Gasteiger partial charge >= 0.3 is 120 Å². The summed E-state index contributed by atoms with van der Waals surface area (Å²) >= 11 is -7.92. The van der Waals surface area contributed by atoms with E-state index < -0.39 is 24.4 Å². The number of aliphatic hydroxyl groups is 2. The molecule has 0 heterocycles. The van der Waals surface area contributed by atoms with Crippen LogP contribution in [0.15, 0.2) is 42.5 Å². The Bertz CT molecular complexity index is 896. The Labute approximate surface area is 120 Å². The van der Waals surface area contributed by atoms with E-state index in [9.17, 15) is 24.4 Å². The fourth-order valence-corrected chi connectivity index (χ4v) is 4.19. The molecule has 0 aromatic heterocycles. The van der Waals surface area contributed by atoms with E-state index in [0.717, 1.165) is 16.3 Å². The van der Waals surface area contributed by atoms with E-state index >= 15 is 0 Å². The minimum atomic E-state index is -7.92. The van der Waals surface area contributed by atoms with Gasteiger partial charge in [-0.2, -0.15) is 0 Å². The molecule has 0 fully saturated rings. The second-order valence-corrected chi connectivity index (χ2v) is 11.2. The molecule has 21 heavy (non-hydrogen) atoms. The molecule has 0 radical (unpaired) electrons. The summed E-state index contributed by atoms with van der Waals surface area (Å²) in [4.78, 5) is 0. The van der Waals surface area contributed by atoms with Gasteiger partial charge in [0.2, 0.25) is 0 Å². The summed E-state index contributed by atoms with van der Waals surface area (Å²) < 4.78 is 40.3. The van der Waals surface area contributed by atoms with Gasteiger partial charge < -0.3 is 0 Å². The minimum absolute atomic E-state index is 0.190. The van der Waals surface area contributed by atoms with Crippen LogP contribution in [0.3, 0.4) is 0 Å². The number of aryl methyl sites for hydroxylation is 1. The van der Waals surface area contributed by atoms with Crippen LogP contribution in [-0.2, 0) is 34.2 Å². The predicted octanol–water partition coefficient (Wildman–Crippen LogP) is 1.52. The van der Waals surface area contributed by atoms with E-state index in [1.807, 2.05) is 36.4 Å². The molecule has 2 atom stereocenters. The number of aliphatic hydroxyl groups excluding tert-OH is 2. The number of hydrogen-bond acceptors (Lipinski definition) is 6. The van der Waals surface area contributed by atoms with E-state index in [2.05, 4.69) is 0 Å². The maximum absolute atomic E-state index is 10.8. The summed E-state index contributed by atoms with van der Waals surface area (Å²) in [5.74, 6) is 0. The first-order chi connectivity index (χ1) is 9.65. The van der Waals surface area contributed by atoms with Crippen molar-refractivity contribution < 1.29 is 38.0 Å². The fourth-order valence-electron chi connectivity index (χ4n) is 2.17. The van der Waals surface area contributed by atoms with Gasteiger partial charge in [-0.05, 0) is 0 Å². The zero-order chi connectivity index (χ0) is 15.7. The first kappa shape index (κ1) is 15.8. The molecule has 0 saturated carbocycles. The summed E-state index contributed by atoms with van der Waals surface area (Å²) in [6.07, 6.45) is -1.83. The quantitative estimate of drug-likeness (QED) is 0.688. The molecule has 2 aromatic carbocycles. The van der Waals surface area contributed by atoms with Gasteiger partial charge in [0.1, 0.15) is 0 Å². The van der Waals surface area contributed by atoms with Gasteiger partial charge in [-0.3, -0.25) is 0 Å². The maximum atomic E-state index is 10.8. The van der Waals surface area contributed by atoms with E-state index in [1.165, 1.54) is 0 Å². The molecule has 0 amide bonds. The first-order valence-electron chi connectivity index (χ1n) is 6.21. The SMILES string of the molecule is [O]=[Os](=[O])(=[O])(=[O])[CH](O)C(O)CCc1cccc2ccccc12. The molecule has 0 bridgehead atoms. The predicted molar refractivity (Wildman–Crippen MR) is 67.0 cm³/mol. The van der Waals surface area contributed by atoms with Crippen molar-refractivity contribution in [1.82, 2.24) is 0 Å². The molecule has 2 rings (SSSR count). The molecule has 6 nitrogen and oxygen atoms in total. The van der Waals surface area contributed by atoms with Crippen LogP contribution in [0, 0.1) is 0 Å². The monoisotopic (exact) mass is 471 g/mol. The van der Waals surface area contributed by atoms with Crippen LogP contribution in [-0.4, -0.2) is 21.0 Å². The fraction of sp³-hybridized carbons (Fsp3) is 0.286. The number of hydrogen-bond donors (Lipinski definition) is 2. The molecule has 115 valence electrons. The Morgan fingerprint density at radius 1 is 0.905 bits per heavy atom. The third-order valence-corrected chi connectivity index (χ3v) is 6.67. The van der Waals surface area contributed by atoms with E-state index in [0.29, 0.717) is 0 Å². The molecule has 2 aromatic rings. The molecule has 0 saturated heterocycles. The topological polar surface area (TPSA) is 109 Å². The van der Waals surface area contributed by atoms with Crippen LogP contribution >= 0.6 is 0 Å². The van der Waals surface area contributed by atoms with Crippen molar-refractivity contribution in [3.8, 4) is 0 Å². The third kappa shape index (κ3) is 3.76. The molecular formula is C14H15O6Os. The van der Waals surface area contributed by atoms with Gasteiger partial charge in [0, 0.05) is 0 Å². The number of rotatable bonds is 5. The Kier molecular flexibility index (Phi) is 4.03. The molecule has 0 spiro atoms. The zero-order valence-electron chi connectivity index (χ0n) is 11.0. The van der Waals surface area contributed by atoms with Crippen molar-refractivity contribution in [2.45, 2.75) is 23.6 Å². The Morgan fingerprint density at radius 2 is 1.52 bits per heavy atom. The second-order valence-electron chi connectivity index (χ2n) is 4.79. The molecule has 7 heteroatoms. The van der Waals surface area contributed by atoms with Crippen molar-refractivity contribution in [3.05, 3.63) is 48.0 Å². The van der Waals surface area contributed by atoms with Gasteiger partial charge in [0.15, 0.2) is 0 Å². The Hall–Kier alpha value is -1.54. The Morgan fingerprint density at radius 3 is 2.19 bits per heavy atom. The van der Waals surface area contributed by atoms with E-state index in [-0.39, 0.29) is 12.8 Å². The summed E-state index contributed by atoms with van der Waals surface area (Å²) in [5.41, 5.74) is 0.835. The zero-order valence-corrected chi connectivity index (χ0v) is 13.5.